The number of hydrogen-bond donors (Lipinski definition) is 1. The van der Waals surface area contributed by atoms with Crippen molar-refractivity contribution in [2.24, 2.45) is 0 Å². The molecular formula is C21H22N4O6. The van der Waals surface area contributed by atoms with E-state index < -0.39 is 4.92 Å². The van der Waals surface area contributed by atoms with E-state index in [9.17, 15) is 19.7 Å². The van der Waals surface area contributed by atoms with Crippen molar-refractivity contribution >= 4 is 28.1 Å². The minimum absolute atomic E-state index is 0.121. The number of nitrogens with zero attached hydrogens (tertiary/aromatic N) is 3. The Balaban J connectivity index is 2.05. The van der Waals surface area contributed by atoms with Crippen molar-refractivity contribution in [2.45, 2.75) is 20.4 Å². The van der Waals surface area contributed by atoms with Crippen LogP contribution in [0.2, 0.25) is 0 Å². The lowest BCUT2D eigenvalue weighted by Gasteiger charge is -2.22. The van der Waals surface area contributed by atoms with Crippen molar-refractivity contribution in [1.82, 2.24) is 9.97 Å². The highest BCUT2D eigenvalue weighted by atomic mass is 16.6. The zero-order valence-electron chi connectivity index (χ0n) is 17.6. The van der Waals surface area contributed by atoms with Crippen molar-refractivity contribution < 1.29 is 19.2 Å². The van der Waals surface area contributed by atoms with E-state index in [-0.39, 0.29) is 29.1 Å². The van der Waals surface area contributed by atoms with E-state index in [1.54, 1.807) is 23.1 Å². The lowest BCUT2D eigenvalue weighted by Crippen LogP contribution is -2.26. The van der Waals surface area contributed by atoms with Gasteiger partial charge in [-0.1, -0.05) is 0 Å². The van der Waals surface area contributed by atoms with Gasteiger partial charge in [0.25, 0.3) is 11.2 Å². The molecule has 0 amide bonds. The van der Waals surface area contributed by atoms with Crippen LogP contribution in [0.3, 0.4) is 0 Å². The van der Waals surface area contributed by atoms with E-state index in [1.807, 2.05) is 6.92 Å². The topological polar surface area (TPSA) is 128 Å². The maximum absolute atomic E-state index is 12.6. The van der Waals surface area contributed by atoms with Crippen LogP contribution in [-0.4, -0.2) is 41.4 Å². The Hall–Kier alpha value is -3.95. The number of aromatic amines is 1. The molecule has 2 aromatic carbocycles. The van der Waals surface area contributed by atoms with Gasteiger partial charge < -0.3 is 19.4 Å². The number of ether oxygens (including phenoxy) is 2. The van der Waals surface area contributed by atoms with Gasteiger partial charge in [-0.05, 0) is 32.0 Å². The first-order valence-electron chi connectivity index (χ1n) is 9.48. The van der Waals surface area contributed by atoms with Crippen LogP contribution in [0, 0.1) is 10.1 Å². The molecule has 10 heteroatoms. The van der Waals surface area contributed by atoms with Crippen molar-refractivity contribution in [3.8, 4) is 11.5 Å². The lowest BCUT2D eigenvalue weighted by atomic mass is 10.1. The summed E-state index contributed by atoms with van der Waals surface area (Å²) in [7, 11) is 2.96. The second kappa shape index (κ2) is 8.82. The fourth-order valence-corrected chi connectivity index (χ4v) is 3.29. The number of Topliss-reactive ketones (excluding diaryl/α,β-unsaturated/α-hetero) is 1. The number of carbonyl (C=O) groups excluding carboxylic acids is 1. The number of benzene rings is 2. The molecule has 1 heterocycles. The molecular weight excluding hydrogens is 404 g/mol. The van der Waals surface area contributed by atoms with Gasteiger partial charge in [-0.15, -0.1) is 0 Å². The number of nitro groups is 1. The van der Waals surface area contributed by atoms with Crippen LogP contribution < -0.4 is 19.9 Å². The fraction of sp³-hybridized carbons (Fsp3) is 0.286. The molecule has 0 atom stereocenters. The van der Waals surface area contributed by atoms with E-state index in [1.165, 1.54) is 33.3 Å². The number of rotatable bonds is 8. The molecule has 0 fully saturated rings. The summed E-state index contributed by atoms with van der Waals surface area (Å²) >= 11 is 0. The summed E-state index contributed by atoms with van der Waals surface area (Å²) in [5, 5.41) is 11.9. The number of anilines is 1. The zero-order chi connectivity index (χ0) is 22.7. The Labute approximate surface area is 177 Å². The highest BCUT2D eigenvalue weighted by molar-refractivity contribution is 5.95. The number of fused-ring (bicyclic) bond motifs is 1. The van der Waals surface area contributed by atoms with Gasteiger partial charge in [0.05, 0.1) is 36.6 Å². The monoisotopic (exact) mass is 426 g/mol. The SMILES string of the molecule is CCN(Cc1nc2cc(OC)c(OC)cc2c(=O)[nH]1)c1ccc(C(C)=O)cc1[N+](=O)[O-]. The highest BCUT2D eigenvalue weighted by Gasteiger charge is 2.21. The molecule has 0 unspecified atom stereocenters. The highest BCUT2D eigenvalue weighted by Crippen LogP contribution is 2.32. The normalized spacial score (nSPS) is 10.7. The van der Waals surface area contributed by atoms with Gasteiger partial charge in [0.2, 0.25) is 0 Å². The van der Waals surface area contributed by atoms with Crippen molar-refractivity contribution in [2.75, 3.05) is 25.7 Å². The molecule has 31 heavy (non-hydrogen) atoms. The van der Waals surface area contributed by atoms with E-state index >= 15 is 0 Å². The van der Waals surface area contributed by atoms with Crippen LogP contribution >= 0.6 is 0 Å². The average molecular weight is 426 g/mol. The zero-order valence-corrected chi connectivity index (χ0v) is 17.6. The van der Waals surface area contributed by atoms with Crippen LogP contribution in [0.15, 0.2) is 35.1 Å². The number of methoxy groups -OCH3 is 2. The smallest absolute Gasteiger partial charge is 0.293 e. The number of hydrogen-bond acceptors (Lipinski definition) is 8. The first-order valence-corrected chi connectivity index (χ1v) is 9.48. The molecule has 3 rings (SSSR count). The molecule has 0 saturated heterocycles. The third-order valence-electron chi connectivity index (χ3n) is 4.90. The van der Waals surface area contributed by atoms with Gasteiger partial charge in [-0.25, -0.2) is 4.98 Å². The van der Waals surface area contributed by atoms with Crippen LogP contribution in [0.4, 0.5) is 11.4 Å². The minimum Gasteiger partial charge on any atom is -0.493 e. The molecule has 3 aromatic rings. The van der Waals surface area contributed by atoms with Gasteiger partial charge >= 0.3 is 0 Å². The Morgan fingerprint density at radius 3 is 2.45 bits per heavy atom. The molecule has 0 aliphatic carbocycles. The second-order valence-electron chi connectivity index (χ2n) is 6.77. The third-order valence-corrected chi connectivity index (χ3v) is 4.90. The number of H-pyrrole nitrogens is 1. The largest absolute Gasteiger partial charge is 0.493 e. The molecule has 162 valence electrons. The van der Waals surface area contributed by atoms with Gasteiger partial charge in [-0.2, -0.15) is 0 Å². The number of nitrogens with one attached hydrogen (secondary N) is 1. The summed E-state index contributed by atoms with van der Waals surface area (Å²) < 4.78 is 10.5. The molecule has 0 aliphatic rings. The molecule has 0 bridgehead atoms. The van der Waals surface area contributed by atoms with Gasteiger partial charge in [0.15, 0.2) is 17.3 Å². The number of nitro benzene ring substituents is 1. The summed E-state index contributed by atoms with van der Waals surface area (Å²) in [6, 6.07) is 7.49. The second-order valence-corrected chi connectivity index (χ2v) is 6.77. The fourth-order valence-electron chi connectivity index (χ4n) is 3.29. The van der Waals surface area contributed by atoms with Crippen molar-refractivity contribution in [3.63, 3.8) is 0 Å². The number of aromatic nitrogens is 2. The number of ketones is 1. The van der Waals surface area contributed by atoms with Crippen LogP contribution in [-0.2, 0) is 6.54 Å². The Morgan fingerprint density at radius 2 is 1.87 bits per heavy atom. The molecule has 10 nitrogen and oxygen atoms in total. The lowest BCUT2D eigenvalue weighted by molar-refractivity contribution is -0.384. The van der Waals surface area contributed by atoms with E-state index in [0.29, 0.717) is 40.5 Å². The van der Waals surface area contributed by atoms with Crippen molar-refractivity contribution in [1.29, 1.82) is 0 Å². The molecule has 0 aliphatic heterocycles. The number of carbonyl (C=O) groups is 1. The van der Waals surface area contributed by atoms with Crippen LogP contribution in [0.1, 0.15) is 30.0 Å². The molecule has 0 radical (unpaired) electrons. The van der Waals surface area contributed by atoms with E-state index in [0.717, 1.165) is 0 Å². The van der Waals surface area contributed by atoms with Gasteiger partial charge in [-0.3, -0.25) is 19.7 Å². The Bertz CT molecular complexity index is 1220. The summed E-state index contributed by atoms with van der Waals surface area (Å²) in [6.07, 6.45) is 0. The van der Waals surface area contributed by atoms with Gasteiger partial charge in [0, 0.05) is 24.2 Å². The standard InChI is InChI=1S/C21H22N4O6/c1-5-24(16-7-6-13(12(2)26)8-17(16)25(28)29)11-20-22-15-10-19(31-4)18(30-3)9-14(15)21(27)23-20/h6-10H,5,11H2,1-4H3,(H,22,23,27). The molecule has 0 spiro atoms. The first kappa shape index (κ1) is 21.8. The summed E-state index contributed by atoms with van der Waals surface area (Å²) in [4.78, 5) is 44.2. The predicted octanol–water partition coefficient (Wildman–Crippen LogP) is 3.08. The van der Waals surface area contributed by atoms with Crippen LogP contribution in [0.25, 0.3) is 10.9 Å². The maximum atomic E-state index is 12.6. The van der Waals surface area contributed by atoms with E-state index in [4.69, 9.17) is 9.47 Å². The molecule has 1 N–H and O–H groups in total. The van der Waals surface area contributed by atoms with Crippen molar-refractivity contribution in [3.05, 3.63) is 62.2 Å². The molecule has 0 saturated carbocycles. The average Bonchev–Trinajstić information content (AvgIpc) is 2.76. The Morgan fingerprint density at radius 1 is 1.19 bits per heavy atom. The van der Waals surface area contributed by atoms with Crippen LogP contribution in [0.5, 0.6) is 11.5 Å². The first-order chi connectivity index (χ1) is 14.8. The molecule has 1 aromatic heterocycles. The summed E-state index contributed by atoms with van der Waals surface area (Å²) in [5.41, 5.74) is 0.439. The quantitative estimate of drug-likeness (QED) is 0.331. The third kappa shape index (κ3) is 4.32. The van der Waals surface area contributed by atoms with E-state index in [2.05, 4.69) is 9.97 Å². The minimum atomic E-state index is -0.530. The van der Waals surface area contributed by atoms with Gasteiger partial charge in [0.1, 0.15) is 11.5 Å². The summed E-state index contributed by atoms with van der Waals surface area (Å²) in [6.45, 7) is 3.71. The summed E-state index contributed by atoms with van der Waals surface area (Å²) in [5.74, 6) is 0.910. The Kier molecular flexibility index (Phi) is 6.19. The maximum Gasteiger partial charge on any atom is 0.293 e. The predicted molar refractivity (Wildman–Crippen MR) is 115 cm³/mol.